The van der Waals surface area contributed by atoms with Crippen molar-refractivity contribution in [3.05, 3.63) is 39.4 Å². The highest BCUT2D eigenvalue weighted by atomic mass is 32.1. The third-order valence-corrected chi connectivity index (χ3v) is 2.90. The topological polar surface area (TPSA) is 110 Å². The Morgan fingerprint density at radius 3 is 2.63 bits per heavy atom. The molecule has 0 saturated heterocycles. The van der Waals surface area contributed by atoms with Gasteiger partial charge in [-0.25, -0.2) is 4.79 Å². The molecule has 2 unspecified atom stereocenters. The number of carbonyl (C=O) groups excluding carboxylic acids is 1. The van der Waals surface area contributed by atoms with E-state index in [2.05, 4.69) is 17.4 Å². The van der Waals surface area contributed by atoms with Crippen molar-refractivity contribution in [3.63, 3.8) is 0 Å². The van der Waals surface area contributed by atoms with Gasteiger partial charge in [0.15, 0.2) is 0 Å². The van der Waals surface area contributed by atoms with Gasteiger partial charge in [0, 0.05) is 17.9 Å². The van der Waals surface area contributed by atoms with Gasteiger partial charge in [0.25, 0.3) is 5.69 Å². The first-order chi connectivity index (χ1) is 8.92. The SMILES string of the molecule is COC(=O)c1cc([N+](=O)[O-])ccc1C(O)C(O)CS. The smallest absolute Gasteiger partial charge is 0.338 e. The molecule has 1 aromatic rings. The molecule has 0 aliphatic carbocycles. The Balaban J connectivity index is 3.30. The van der Waals surface area contributed by atoms with E-state index >= 15 is 0 Å². The van der Waals surface area contributed by atoms with Gasteiger partial charge in [0.2, 0.25) is 0 Å². The quantitative estimate of drug-likeness (QED) is 0.318. The van der Waals surface area contributed by atoms with Crippen LogP contribution in [0.4, 0.5) is 5.69 Å². The molecule has 0 aliphatic rings. The molecule has 0 spiro atoms. The van der Waals surface area contributed by atoms with Gasteiger partial charge in [0.1, 0.15) is 6.10 Å². The van der Waals surface area contributed by atoms with Crippen molar-refractivity contribution >= 4 is 24.3 Å². The molecule has 2 atom stereocenters. The molecule has 0 saturated carbocycles. The predicted octanol–water partition coefficient (Wildman–Crippen LogP) is 0.705. The second-order valence-corrected chi connectivity index (χ2v) is 4.08. The van der Waals surface area contributed by atoms with E-state index in [9.17, 15) is 25.1 Å². The molecular weight excluding hydrogens is 274 g/mol. The number of rotatable bonds is 5. The molecule has 1 rings (SSSR count). The van der Waals surface area contributed by atoms with Crippen molar-refractivity contribution in [1.29, 1.82) is 0 Å². The number of ether oxygens (including phenoxy) is 1. The minimum Gasteiger partial charge on any atom is -0.465 e. The van der Waals surface area contributed by atoms with Crippen LogP contribution in [0, 0.1) is 10.1 Å². The molecule has 0 heterocycles. The fraction of sp³-hybridized carbons (Fsp3) is 0.364. The van der Waals surface area contributed by atoms with Crippen LogP contribution in [-0.4, -0.2) is 40.1 Å². The molecule has 19 heavy (non-hydrogen) atoms. The molecular formula is C11H13NO6S. The van der Waals surface area contributed by atoms with Crippen molar-refractivity contribution < 1.29 is 24.7 Å². The summed E-state index contributed by atoms with van der Waals surface area (Å²) in [6.45, 7) is 0. The minimum atomic E-state index is -1.38. The van der Waals surface area contributed by atoms with Crippen molar-refractivity contribution in [2.75, 3.05) is 12.9 Å². The summed E-state index contributed by atoms with van der Waals surface area (Å²) < 4.78 is 4.50. The standard InChI is InChI=1S/C11H13NO6S/c1-18-11(15)8-4-6(12(16)17)2-3-7(8)10(14)9(13)5-19/h2-4,9-10,13-14,19H,5H2,1H3. The van der Waals surface area contributed by atoms with Crippen LogP contribution in [0.3, 0.4) is 0 Å². The number of non-ortho nitro benzene ring substituents is 1. The number of hydrogen-bond donors (Lipinski definition) is 3. The number of carbonyl (C=O) groups is 1. The lowest BCUT2D eigenvalue weighted by atomic mass is 9.98. The van der Waals surface area contributed by atoms with E-state index in [0.717, 1.165) is 19.2 Å². The van der Waals surface area contributed by atoms with Crippen LogP contribution < -0.4 is 0 Å². The summed E-state index contributed by atoms with van der Waals surface area (Å²) in [6, 6.07) is 3.34. The summed E-state index contributed by atoms with van der Waals surface area (Å²) in [5.41, 5.74) is -0.416. The zero-order valence-corrected chi connectivity index (χ0v) is 10.9. The number of thiol groups is 1. The number of esters is 1. The average Bonchev–Trinajstić information content (AvgIpc) is 2.43. The molecule has 104 valence electrons. The van der Waals surface area contributed by atoms with Gasteiger partial charge < -0.3 is 14.9 Å². The lowest BCUT2D eigenvalue weighted by Gasteiger charge is -2.18. The molecule has 0 amide bonds. The van der Waals surface area contributed by atoms with Crippen molar-refractivity contribution in [2.45, 2.75) is 12.2 Å². The molecule has 0 aliphatic heterocycles. The van der Waals surface area contributed by atoms with E-state index in [0.29, 0.717) is 0 Å². The summed E-state index contributed by atoms with van der Waals surface area (Å²) in [7, 11) is 1.12. The average molecular weight is 287 g/mol. The zero-order valence-electron chi connectivity index (χ0n) is 10.0. The second-order valence-electron chi connectivity index (χ2n) is 3.72. The van der Waals surface area contributed by atoms with E-state index in [-0.39, 0.29) is 22.6 Å². The molecule has 0 aromatic heterocycles. The highest BCUT2D eigenvalue weighted by Gasteiger charge is 2.25. The lowest BCUT2D eigenvalue weighted by molar-refractivity contribution is -0.384. The Hall–Kier alpha value is -1.64. The van der Waals surface area contributed by atoms with E-state index < -0.39 is 23.1 Å². The molecule has 0 radical (unpaired) electrons. The Bertz CT molecular complexity index is 492. The van der Waals surface area contributed by atoms with Crippen LogP contribution in [0.15, 0.2) is 18.2 Å². The largest absolute Gasteiger partial charge is 0.465 e. The first-order valence-corrected chi connectivity index (χ1v) is 5.89. The fourth-order valence-electron chi connectivity index (χ4n) is 1.51. The summed E-state index contributed by atoms with van der Waals surface area (Å²) >= 11 is 3.83. The number of nitro benzene ring substituents is 1. The Kier molecular flexibility index (Phi) is 5.28. The fourth-order valence-corrected chi connectivity index (χ4v) is 1.71. The van der Waals surface area contributed by atoms with Crippen LogP contribution in [0.25, 0.3) is 0 Å². The van der Waals surface area contributed by atoms with Gasteiger partial charge >= 0.3 is 5.97 Å². The van der Waals surface area contributed by atoms with Gasteiger partial charge in [-0.3, -0.25) is 10.1 Å². The summed E-state index contributed by atoms with van der Waals surface area (Å²) in [5, 5.41) is 30.1. The van der Waals surface area contributed by atoms with Gasteiger partial charge in [-0.05, 0) is 11.6 Å². The Morgan fingerprint density at radius 1 is 1.53 bits per heavy atom. The second kappa shape index (κ2) is 6.50. The maximum atomic E-state index is 11.6. The molecule has 0 fully saturated rings. The molecule has 0 bridgehead atoms. The number of nitrogens with zero attached hydrogens (tertiary/aromatic N) is 1. The third kappa shape index (κ3) is 3.43. The minimum absolute atomic E-state index is 0.0290. The highest BCUT2D eigenvalue weighted by Crippen LogP contribution is 2.26. The van der Waals surface area contributed by atoms with Crippen LogP contribution in [-0.2, 0) is 4.74 Å². The van der Waals surface area contributed by atoms with Gasteiger partial charge in [-0.1, -0.05) is 0 Å². The van der Waals surface area contributed by atoms with E-state index in [1.165, 1.54) is 6.07 Å². The number of aliphatic hydroxyl groups is 2. The molecule has 8 heteroatoms. The number of benzene rings is 1. The first-order valence-electron chi connectivity index (χ1n) is 5.26. The van der Waals surface area contributed by atoms with Crippen LogP contribution in [0.1, 0.15) is 22.0 Å². The Labute approximate surface area is 114 Å². The van der Waals surface area contributed by atoms with E-state index in [1.54, 1.807) is 0 Å². The third-order valence-electron chi connectivity index (χ3n) is 2.52. The van der Waals surface area contributed by atoms with E-state index in [4.69, 9.17) is 0 Å². The predicted molar refractivity (Wildman–Crippen MR) is 69.3 cm³/mol. The highest BCUT2D eigenvalue weighted by molar-refractivity contribution is 7.80. The summed E-state index contributed by atoms with van der Waals surface area (Å²) in [4.78, 5) is 21.6. The summed E-state index contributed by atoms with van der Waals surface area (Å²) in [5.74, 6) is -0.859. The zero-order chi connectivity index (χ0) is 14.6. The number of hydrogen-bond acceptors (Lipinski definition) is 7. The number of aliphatic hydroxyl groups excluding tert-OH is 2. The number of methoxy groups -OCH3 is 1. The maximum Gasteiger partial charge on any atom is 0.338 e. The lowest BCUT2D eigenvalue weighted by Crippen LogP contribution is -2.22. The van der Waals surface area contributed by atoms with Crippen LogP contribution >= 0.6 is 12.6 Å². The first kappa shape index (κ1) is 15.4. The summed E-state index contributed by atoms with van der Waals surface area (Å²) in [6.07, 6.45) is -2.58. The number of nitro groups is 1. The van der Waals surface area contributed by atoms with E-state index in [1.807, 2.05) is 0 Å². The molecule has 7 nitrogen and oxygen atoms in total. The van der Waals surface area contributed by atoms with Gasteiger partial charge in [-0.2, -0.15) is 12.6 Å². The van der Waals surface area contributed by atoms with Gasteiger partial charge in [-0.15, -0.1) is 0 Å². The normalized spacial score (nSPS) is 13.7. The van der Waals surface area contributed by atoms with Crippen LogP contribution in [0.2, 0.25) is 0 Å². The van der Waals surface area contributed by atoms with Crippen LogP contribution in [0.5, 0.6) is 0 Å². The van der Waals surface area contributed by atoms with Crippen molar-refractivity contribution in [1.82, 2.24) is 0 Å². The van der Waals surface area contributed by atoms with Crippen molar-refractivity contribution in [3.8, 4) is 0 Å². The molecule has 1 aromatic carbocycles. The Morgan fingerprint density at radius 2 is 2.16 bits per heavy atom. The maximum absolute atomic E-state index is 11.6. The van der Waals surface area contributed by atoms with Gasteiger partial charge in [0.05, 0.1) is 23.7 Å². The van der Waals surface area contributed by atoms with Crippen molar-refractivity contribution in [2.24, 2.45) is 0 Å². The monoisotopic (exact) mass is 287 g/mol. The molecule has 2 N–H and O–H groups in total.